The summed E-state index contributed by atoms with van der Waals surface area (Å²) >= 11 is 0. The van der Waals surface area contributed by atoms with E-state index < -0.39 is 0 Å². The molecule has 1 aromatic heterocycles. The zero-order valence-electron chi connectivity index (χ0n) is 11.5. The Labute approximate surface area is 115 Å². The molecular weight excluding hydrogens is 236 g/mol. The lowest BCUT2D eigenvalue weighted by Crippen LogP contribution is -2.46. The van der Waals surface area contributed by atoms with Gasteiger partial charge in [0.2, 0.25) is 0 Å². The molecule has 0 bridgehead atoms. The summed E-state index contributed by atoms with van der Waals surface area (Å²) in [5.41, 5.74) is 1.16. The van der Waals surface area contributed by atoms with Gasteiger partial charge in [-0.3, -0.25) is 9.78 Å². The molecule has 0 unspecified atom stereocenters. The third-order valence-electron chi connectivity index (χ3n) is 4.77. The number of pyridine rings is 1. The molecule has 2 heterocycles. The molecule has 1 aliphatic carbocycles. The minimum absolute atomic E-state index is 0.165. The van der Waals surface area contributed by atoms with Gasteiger partial charge in [-0.25, -0.2) is 0 Å². The third-order valence-corrected chi connectivity index (χ3v) is 4.77. The van der Waals surface area contributed by atoms with Gasteiger partial charge in [-0.2, -0.15) is 0 Å². The van der Waals surface area contributed by atoms with Crippen LogP contribution in [0.3, 0.4) is 0 Å². The number of hydrogen-bond acceptors (Lipinski definition) is 2. The Kier molecular flexibility index (Phi) is 3.54. The highest BCUT2D eigenvalue weighted by molar-refractivity contribution is 5.93. The van der Waals surface area contributed by atoms with E-state index in [1.165, 1.54) is 38.5 Å². The molecule has 1 spiro atoms. The average Bonchev–Trinajstić information content (AvgIpc) is 2.48. The van der Waals surface area contributed by atoms with E-state index in [1.807, 2.05) is 12.1 Å². The molecule has 1 saturated carbocycles. The van der Waals surface area contributed by atoms with E-state index in [0.717, 1.165) is 25.1 Å². The molecule has 3 rings (SSSR count). The zero-order valence-corrected chi connectivity index (χ0v) is 11.5. The molecule has 0 atom stereocenters. The van der Waals surface area contributed by atoms with Crippen molar-refractivity contribution in [3.05, 3.63) is 30.1 Å². The van der Waals surface area contributed by atoms with Gasteiger partial charge in [0, 0.05) is 25.5 Å². The van der Waals surface area contributed by atoms with Gasteiger partial charge >= 0.3 is 0 Å². The predicted octanol–water partition coefficient (Wildman–Crippen LogP) is 3.27. The quantitative estimate of drug-likeness (QED) is 0.774. The molecule has 3 heteroatoms. The molecule has 1 aromatic rings. The first-order valence-corrected chi connectivity index (χ1v) is 7.48. The van der Waals surface area contributed by atoms with E-state index in [0.29, 0.717) is 5.41 Å². The van der Waals surface area contributed by atoms with E-state index in [1.54, 1.807) is 12.4 Å². The Hall–Kier alpha value is -1.38. The number of nitrogens with zero attached hydrogens (tertiary/aromatic N) is 2. The number of amides is 1. The van der Waals surface area contributed by atoms with Crippen LogP contribution in [0.2, 0.25) is 0 Å². The number of rotatable bonds is 1. The van der Waals surface area contributed by atoms with Crippen LogP contribution in [0.15, 0.2) is 24.5 Å². The van der Waals surface area contributed by atoms with Gasteiger partial charge in [-0.15, -0.1) is 0 Å². The molecule has 0 N–H and O–H groups in total. The maximum absolute atomic E-state index is 12.5. The molecule has 0 aromatic carbocycles. The number of hydrogen-bond donors (Lipinski definition) is 0. The highest BCUT2D eigenvalue weighted by Gasteiger charge is 2.37. The minimum atomic E-state index is 0.165. The molecule has 1 aliphatic heterocycles. The van der Waals surface area contributed by atoms with Crippen molar-refractivity contribution in [2.45, 2.75) is 44.9 Å². The SMILES string of the molecule is O=C(c1cccnc1)N1CCCC2(CCCCC2)C1. The van der Waals surface area contributed by atoms with Gasteiger partial charge in [0.15, 0.2) is 0 Å². The first kappa shape index (κ1) is 12.6. The van der Waals surface area contributed by atoms with Crippen molar-refractivity contribution < 1.29 is 4.79 Å². The van der Waals surface area contributed by atoms with E-state index in [9.17, 15) is 4.79 Å². The van der Waals surface area contributed by atoms with Crippen molar-refractivity contribution in [2.75, 3.05) is 13.1 Å². The van der Waals surface area contributed by atoms with Crippen molar-refractivity contribution in [3.63, 3.8) is 0 Å². The molecule has 2 aliphatic rings. The van der Waals surface area contributed by atoms with Gasteiger partial charge in [0.25, 0.3) is 5.91 Å². The summed E-state index contributed by atoms with van der Waals surface area (Å²) in [4.78, 5) is 18.6. The van der Waals surface area contributed by atoms with Gasteiger partial charge in [0.05, 0.1) is 5.56 Å². The highest BCUT2D eigenvalue weighted by Crippen LogP contribution is 2.43. The summed E-state index contributed by atoms with van der Waals surface area (Å²) in [6, 6.07) is 3.71. The number of aromatic nitrogens is 1. The number of piperidine rings is 1. The molecule has 102 valence electrons. The lowest BCUT2D eigenvalue weighted by Gasteiger charge is -2.45. The topological polar surface area (TPSA) is 33.2 Å². The standard InChI is InChI=1S/C16H22N2O/c19-15(14-6-4-10-17-12-14)18-11-5-9-16(13-18)7-2-1-3-8-16/h4,6,10,12H,1-3,5,7-9,11,13H2. The lowest BCUT2D eigenvalue weighted by molar-refractivity contribution is 0.0384. The summed E-state index contributed by atoms with van der Waals surface area (Å²) in [5.74, 6) is 0.165. The van der Waals surface area contributed by atoms with Crippen molar-refractivity contribution in [1.29, 1.82) is 0 Å². The number of likely N-dealkylation sites (tertiary alicyclic amines) is 1. The molecular formula is C16H22N2O. The van der Waals surface area contributed by atoms with Crippen LogP contribution >= 0.6 is 0 Å². The fourth-order valence-electron chi connectivity index (χ4n) is 3.76. The third kappa shape index (κ3) is 2.65. The van der Waals surface area contributed by atoms with Crippen LogP contribution < -0.4 is 0 Å². The summed E-state index contributed by atoms with van der Waals surface area (Å²) in [6.07, 6.45) is 12.5. The molecule has 2 fully saturated rings. The Balaban J connectivity index is 1.73. The molecule has 0 radical (unpaired) electrons. The lowest BCUT2D eigenvalue weighted by atomic mass is 9.69. The van der Waals surface area contributed by atoms with E-state index in [-0.39, 0.29) is 5.91 Å². The number of carbonyl (C=O) groups excluding carboxylic acids is 1. The molecule has 19 heavy (non-hydrogen) atoms. The Morgan fingerprint density at radius 2 is 1.95 bits per heavy atom. The molecule has 1 amide bonds. The normalized spacial score (nSPS) is 22.4. The zero-order chi connectivity index (χ0) is 13.1. The van der Waals surface area contributed by atoms with Gasteiger partial charge in [-0.1, -0.05) is 19.3 Å². The van der Waals surface area contributed by atoms with Crippen molar-refractivity contribution in [2.24, 2.45) is 5.41 Å². The van der Waals surface area contributed by atoms with Crippen LogP contribution in [0.4, 0.5) is 0 Å². The second-order valence-corrected chi connectivity index (χ2v) is 6.13. The van der Waals surface area contributed by atoms with Crippen LogP contribution in [0, 0.1) is 5.41 Å². The maximum atomic E-state index is 12.5. The summed E-state index contributed by atoms with van der Waals surface area (Å²) in [7, 11) is 0. The van der Waals surface area contributed by atoms with Crippen molar-refractivity contribution >= 4 is 5.91 Å². The largest absolute Gasteiger partial charge is 0.338 e. The molecule has 1 saturated heterocycles. The van der Waals surface area contributed by atoms with E-state index in [4.69, 9.17) is 0 Å². The Morgan fingerprint density at radius 1 is 1.16 bits per heavy atom. The van der Waals surface area contributed by atoms with Crippen LogP contribution in [0.1, 0.15) is 55.3 Å². The van der Waals surface area contributed by atoms with Crippen LogP contribution in [-0.2, 0) is 0 Å². The predicted molar refractivity (Wildman–Crippen MR) is 74.9 cm³/mol. The van der Waals surface area contributed by atoms with Gasteiger partial charge in [-0.05, 0) is 43.2 Å². The first-order valence-electron chi connectivity index (χ1n) is 7.48. The average molecular weight is 258 g/mol. The van der Waals surface area contributed by atoms with E-state index >= 15 is 0 Å². The van der Waals surface area contributed by atoms with Crippen LogP contribution in [-0.4, -0.2) is 28.9 Å². The van der Waals surface area contributed by atoms with Crippen molar-refractivity contribution in [1.82, 2.24) is 9.88 Å². The smallest absolute Gasteiger partial charge is 0.255 e. The fraction of sp³-hybridized carbons (Fsp3) is 0.625. The monoisotopic (exact) mass is 258 g/mol. The van der Waals surface area contributed by atoms with E-state index in [2.05, 4.69) is 9.88 Å². The number of carbonyl (C=O) groups is 1. The second-order valence-electron chi connectivity index (χ2n) is 6.13. The maximum Gasteiger partial charge on any atom is 0.255 e. The van der Waals surface area contributed by atoms with Gasteiger partial charge < -0.3 is 4.90 Å². The minimum Gasteiger partial charge on any atom is -0.338 e. The molecule has 3 nitrogen and oxygen atoms in total. The second kappa shape index (κ2) is 5.32. The van der Waals surface area contributed by atoms with Crippen LogP contribution in [0.5, 0.6) is 0 Å². The summed E-state index contributed by atoms with van der Waals surface area (Å²) in [6.45, 7) is 1.87. The fourth-order valence-corrected chi connectivity index (χ4v) is 3.76. The van der Waals surface area contributed by atoms with Crippen molar-refractivity contribution in [3.8, 4) is 0 Å². The summed E-state index contributed by atoms with van der Waals surface area (Å²) in [5, 5.41) is 0. The van der Waals surface area contributed by atoms with Crippen LogP contribution in [0.25, 0.3) is 0 Å². The first-order chi connectivity index (χ1) is 9.29. The Bertz CT molecular complexity index is 432. The highest BCUT2D eigenvalue weighted by atomic mass is 16.2. The Morgan fingerprint density at radius 3 is 2.68 bits per heavy atom. The summed E-state index contributed by atoms with van der Waals surface area (Å²) < 4.78 is 0. The van der Waals surface area contributed by atoms with Gasteiger partial charge in [0.1, 0.15) is 0 Å².